The second kappa shape index (κ2) is 6.67. The van der Waals surface area contributed by atoms with E-state index in [9.17, 15) is 4.79 Å². The highest BCUT2D eigenvalue weighted by Gasteiger charge is 2.18. The summed E-state index contributed by atoms with van der Waals surface area (Å²) in [7, 11) is 0. The third kappa shape index (κ3) is 3.37. The third-order valence-electron chi connectivity index (χ3n) is 3.17. The number of nitrogens with one attached hydrogen (secondary N) is 1. The predicted octanol–water partition coefficient (Wildman–Crippen LogP) is 4.10. The van der Waals surface area contributed by atoms with Crippen LogP contribution in [0.5, 0.6) is 0 Å². The molecule has 0 saturated heterocycles. The number of carbonyl (C=O) groups excluding carboxylic acids is 1. The van der Waals surface area contributed by atoms with Gasteiger partial charge in [0.2, 0.25) is 0 Å². The smallest absolute Gasteiger partial charge is 0.292 e. The minimum atomic E-state index is -0.262. The van der Waals surface area contributed by atoms with Gasteiger partial charge in [0.05, 0.1) is 11.4 Å². The molecular weight excluding hydrogens is 426 g/mol. The maximum absolute atomic E-state index is 12.4. The Morgan fingerprint density at radius 1 is 1.30 bits per heavy atom. The van der Waals surface area contributed by atoms with Gasteiger partial charge in [0.15, 0.2) is 0 Å². The van der Waals surface area contributed by atoms with E-state index in [-0.39, 0.29) is 6.03 Å². The Hall–Kier alpha value is -1.93. The molecule has 1 N–H and O–H groups in total. The average Bonchev–Trinajstić information content (AvgIpc) is 2.88. The van der Waals surface area contributed by atoms with Crippen molar-refractivity contribution in [3.8, 4) is 5.69 Å². The van der Waals surface area contributed by atoms with E-state index >= 15 is 0 Å². The Morgan fingerprint density at radius 2 is 2.04 bits per heavy atom. The van der Waals surface area contributed by atoms with Gasteiger partial charge in [-0.1, -0.05) is 6.07 Å². The topological polar surface area (TPSA) is 62.5 Å². The number of hydrogen-bond acceptors (Lipinski definition) is 3. The van der Waals surface area contributed by atoms with E-state index in [0.29, 0.717) is 12.5 Å². The zero-order valence-corrected chi connectivity index (χ0v) is 15.4. The molecule has 1 aliphatic heterocycles. The van der Waals surface area contributed by atoms with Crippen molar-refractivity contribution in [2.45, 2.75) is 6.92 Å². The maximum Gasteiger partial charge on any atom is 0.328 e. The minimum absolute atomic E-state index is 0.262. The minimum Gasteiger partial charge on any atom is -0.292 e. The molecule has 0 aliphatic carbocycles. The molecule has 0 bridgehead atoms. The van der Waals surface area contributed by atoms with Crippen molar-refractivity contribution in [1.82, 2.24) is 14.7 Å². The van der Waals surface area contributed by atoms with Gasteiger partial charge >= 0.3 is 6.03 Å². The number of anilines is 1. The summed E-state index contributed by atoms with van der Waals surface area (Å²) < 4.78 is 3.43. The number of aliphatic imine (C=N–C) groups is 1. The summed E-state index contributed by atoms with van der Waals surface area (Å²) >= 11 is 7.05. The van der Waals surface area contributed by atoms with Crippen LogP contribution in [0.25, 0.3) is 5.69 Å². The predicted molar refractivity (Wildman–Crippen MR) is 97.1 cm³/mol. The lowest BCUT2D eigenvalue weighted by molar-refractivity contribution is 0.229. The Kier molecular flexibility index (Phi) is 4.63. The highest BCUT2D eigenvalue weighted by Crippen LogP contribution is 2.31. The summed E-state index contributed by atoms with van der Waals surface area (Å²) in [4.78, 5) is 17.9. The first kappa shape index (κ1) is 15.9. The van der Waals surface area contributed by atoms with Crippen LogP contribution in [0.3, 0.4) is 0 Å². The van der Waals surface area contributed by atoms with Gasteiger partial charge in [-0.15, -0.1) is 0 Å². The molecule has 0 spiro atoms. The van der Waals surface area contributed by atoms with Crippen molar-refractivity contribution in [3.05, 3.63) is 51.2 Å². The van der Waals surface area contributed by atoms with E-state index in [2.05, 4.69) is 47.3 Å². The number of nitrogens with zero attached hydrogens (tertiary/aromatic N) is 4. The van der Waals surface area contributed by atoms with Crippen molar-refractivity contribution >= 4 is 49.9 Å². The fourth-order valence-corrected chi connectivity index (χ4v) is 3.48. The number of benzene rings is 1. The van der Waals surface area contributed by atoms with E-state index in [4.69, 9.17) is 0 Å². The standard InChI is InChI=1S/C15H13Br2N5O/c1-10-8-13(19-15(23)21-7-3-6-18-9-21)22(20-10)14-11(16)4-2-5-12(14)17/h2-8H,9H2,1H3,(H,19,23). The first-order valence-electron chi connectivity index (χ1n) is 6.81. The van der Waals surface area contributed by atoms with Gasteiger partial charge in [-0.2, -0.15) is 5.10 Å². The highest BCUT2D eigenvalue weighted by atomic mass is 79.9. The molecule has 118 valence electrons. The number of aryl methyl sites for hydroxylation is 1. The summed E-state index contributed by atoms with van der Waals surface area (Å²) in [5.41, 5.74) is 1.62. The molecule has 2 aromatic rings. The third-order valence-corrected chi connectivity index (χ3v) is 4.45. The fraction of sp³-hybridized carbons (Fsp3) is 0.133. The number of allylic oxidation sites excluding steroid dienone is 1. The molecule has 0 fully saturated rings. The second-order valence-corrected chi connectivity index (χ2v) is 6.58. The molecule has 8 heteroatoms. The Balaban J connectivity index is 1.94. The van der Waals surface area contributed by atoms with Crippen LogP contribution in [0.1, 0.15) is 5.69 Å². The number of hydrogen-bond donors (Lipinski definition) is 1. The van der Waals surface area contributed by atoms with Crippen LogP contribution < -0.4 is 5.32 Å². The van der Waals surface area contributed by atoms with Crippen molar-refractivity contribution in [2.24, 2.45) is 4.99 Å². The lowest BCUT2D eigenvalue weighted by Crippen LogP contribution is -2.32. The normalized spacial score (nSPS) is 13.4. The van der Waals surface area contributed by atoms with E-state index in [0.717, 1.165) is 20.3 Å². The van der Waals surface area contributed by atoms with Crippen LogP contribution in [-0.4, -0.2) is 33.6 Å². The number of para-hydroxylation sites is 1. The Labute approximate surface area is 150 Å². The zero-order chi connectivity index (χ0) is 16.4. The van der Waals surface area contributed by atoms with Gasteiger partial charge in [0.25, 0.3) is 0 Å². The molecule has 1 aromatic heterocycles. The van der Waals surface area contributed by atoms with Crippen LogP contribution >= 0.6 is 31.9 Å². The molecule has 0 radical (unpaired) electrons. The summed E-state index contributed by atoms with van der Waals surface area (Å²) in [5.74, 6) is 0.586. The highest BCUT2D eigenvalue weighted by molar-refractivity contribution is 9.11. The molecule has 1 aliphatic rings. The molecular formula is C15H13Br2N5O. The number of aromatic nitrogens is 2. The van der Waals surface area contributed by atoms with Gasteiger partial charge in [0.1, 0.15) is 12.5 Å². The second-order valence-electron chi connectivity index (χ2n) is 4.87. The summed E-state index contributed by atoms with van der Waals surface area (Å²) in [5, 5.41) is 7.35. The van der Waals surface area contributed by atoms with Gasteiger partial charge in [0, 0.05) is 27.4 Å². The van der Waals surface area contributed by atoms with E-state index in [1.54, 1.807) is 23.2 Å². The SMILES string of the molecule is Cc1cc(NC(=O)N2C=CC=NC2)n(-c2c(Br)cccc2Br)n1. The van der Waals surface area contributed by atoms with Gasteiger partial charge in [-0.25, -0.2) is 9.48 Å². The Bertz CT molecular complexity index is 792. The zero-order valence-electron chi connectivity index (χ0n) is 12.2. The molecule has 1 aromatic carbocycles. The van der Waals surface area contributed by atoms with Gasteiger partial charge in [-0.05, 0) is 57.0 Å². The van der Waals surface area contributed by atoms with E-state index < -0.39 is 0 Å². The lowest BCUT2D eigenvalue weighted by atomic mass is 10.3. The molecule has 23 heavy (non-hydrogen) atoms. The summed E-state index contributed by atoms with van der Waals surface area (Å²) in [6.07, 6.45) is 5.07. The summed E-state index contributed by atoms with van der Waals surface area (Å²) in [6.45, 7) is 2.18. The number of halogens is 2. The molecule has 6 nitrogen and oxygen atoms in total. The number of carbonyl (C=O) groups is 1. The molecule has 2 amide bonds. The molecule has 0 saturated carbocycles. The molecule has 0 unspecified atom stereocenters. The molecule has 3 rings (SSSR count). The largest absolute Gasteiger partial charge is 0.328 e. The summed E-state index contributed by atoms with van der Waals surface area (Å²) in [6, 6.07) is 7.32. The first-order valence-corrected chi connectivity index (χ1v) is 8.40. The number of amides is 2. The van der Waals surface area contributed by atoms with Crippen molar-refractivity contribution < 1.29 is 4.79 Å². The van der Waals surface area contributed by atoms with Crippen LogP contribution in [0.4, 0.5) is 10.6 Å². The quantitative estimate of drug-likeness (QED) is 0.767. The van der Waals surface area contributed by atoms with Crippen LogP contribution in [0.2, 0.25) is 0 Å². The van der Waals surface area contributed by atoms with E-state index in [1.807, 2.05) is 31.2 Å². The van der Waals surface area contributed by atoms with Crippen molar-refractivity contribution in [2.75, 3.05) is 12.0 Å². The molecule has 2 heterocycles. The van der Waals surface area contributed by atoms with Gasteiger partial charge < -0.3 is 0 Å². The lowest BCUT2D eigenvalue weighted by Gasteiger charge is -2.19. The van der Waals surface area contributed by atoms with Crippen LogP contribution in [0, 0.1) is 6.92 Å². The number of rotatable bonds is 2. The van der Waals surface area contributed by atoms with Crippen molar-refractivity contribution in [3.63, 3.8) is 0 Å². The Morgan fingerprint density at radius 3 is 2.70 bits per heavy atom. The van der Waals surface area contributed by atoms with Gasteiger partial charge in [-0.3, -0.25) is 15.2 Å². The number of urea groups is 1. The monoisotopic (exact) mass is 437 g/mol. The average molecular weight is 439 g/mol. The first-order chi connectivity index (χ1) is 11.1. The van der Waals surface area contributed by atoms with Crippen LogP contribution in [-0.2, 0) is 0 Å². The van der Waals surface area contributed by atoms with Crippen LogP contribution in [0.15, 0.2) is 50.5 Å². The maximum atomic E-state index is 12.4. The fourth-order valence-electron chi connectivity index (χ4n) is 2.15. The molecule has 0 atom stereocenters. The van der Waals surface area contributed by atoms with Crippen molar-refractivity contribution in [1.29, 1.82) is 0 Å². The van der Waals surface area contributed by atoms with E-state index in [1.165, 1.54) is 4.90 Å².